The van der Waals surface area contributed by atoms with Crippen molar-refractivity contribution in [1.29, 1.82) is 0 Å². The van der Waals surface area contributed by atoms with Gasteiger partial charge in [-0.1, -0.05) is 12.1 Å². The summed E-state index contributed by atoms with van der Waals surface area (Å²) in [6.45, 7) is 2.38. The maximum atomic E-state index is 5.46. The van der Waals surface area contributed by atoms with Crippen LogP contribution in [0, 0.1) is 0 Å². The first-order valence-corrected chi connectivity index (χ1v) is 6.10. The lowest BCUT2D eigenvalue weighted by Crippen LogP contribution is -2.20. The monoisotopic (exact) mass is 234 g/mol. The highest BCUT2D eigenvalue weighted by molar-refractivity contribution is 7.09. The zero-order chi connectivity index (χ0) is 11.1. The summed E-state index contributed by atoms with van der Waals surface area (Å²) >= 11 is 1.76. The highest BCUT2D eigenvalue weighted by Gasteiger charge is 1.94. The van der Waals surface area contributed by atoms with Crippen molar-refractivity contribution in [3.63, 3.8) is 0 Å². The molecule has 0 aromatic carbocycles. The third-order valence-corrected chi connectivity index (χ3v) is 2.92. The zero-order valence-electron chi connectivity index (χ0n) is 8.93. The quantitative estimate of drug-likeness (QED) is 0.779. The van der Waals surface area contributed by atoms with E-state index < -0.39 is 0 Å². The van der Waals surface area contributed by atoms with Gasteiger partial charge in [-0.15, -0.1) is 11.3 Å². The van der Waals surface area contributed by atoms with E-state index >= 15 is 0 Å². The fraction of sp³-hybridized carbons (Fsp3) is 0.250. The molecule has 0 aliphatic rings. The van der Waals surface area contributed by atoms with Crippen LogP contribution in [0.2, 0.25) is 0 Å². The van der Waals surface area contributed by atoms with Crippen LogP contribution in [0.3, 0.4) is 0 Å². The van der Waals surface area contributed by atoms with Crippen LogP contribution >= 0.6 is 11.3 Å². The molecule has 0 saturated heterocycles. The van der Waals surface area contributed by atoms with Crippen LogP contribution in [0.25, 0.3) is 0 Å². The van der Waals surface area contributed by atoms with Gasteiger partial charge in [0, 0.05) is 30.2 Å². The molecular formula is C12H14N2OS. The number of rotatable bonds is 6. The minimum atomic E-state index is 0.641. The fourth-order valence-corrected chi connectivity index (χ4v) is 1.96. The summed E-state index contributed by atoms with van der Waals surface area (Å²) in [6, 6.07) is 9.84. The Morgan fingerprint density at radius 2 is 2.25 bits per heavy atom. The topological polar surface area (TPSA) is 34.1 Å². The van der Waals surface area contributed by atoms with Crippen molar-refractivity contribution in [2.24, 2.45) is 0 Å². The molecule has 1 N–H and O–H groups in total. The Labute approximate surface area is 99.1 Å². The van der Waals surface area contributed by atoms with Gasteiger partial charge in [0.2, 0.25) is 5.88 Å². The molecule has 0 fully saturated rings. The maximum absolute atomic E-state index is 5.46. The summed E-state index contributed by atoms with van der Waals surface area (Å²) in [4.78, 5) is 5.42. The molecule has 2 aromatic rings. The molecule has 84 valence electrons. The van der Waals surface area contributed by atoms with Gasteiger partial charge in [0.05, 0.1) is 0 Å². The first-order valence-electron chi connectivity index (χ1n) is 5.22. The molecule has 2 aromatic heterocycles. The Hall–Kier alpha value is -1.39. The molecule has 0 atom stereocenters. The number of hydrogen-bond donors (Lipinski definition) is 1. The predicted molar refractivity (Wildman–Crippen MR) is 65.8 cm³/mol. The molecule has 0 unspecified atom stereocenters. The number of hydrogen-bond acceptors (Lipinski definition) is 4. The van der Waals surface area contributed by atoms with Gasteiger partial charge in [-0.25, -0.2) is 4.98 Å². The molecule has 2 rings (SSSR count). The lowest BCUT2D eigenvalue weighted by Gasteiger charge is -2.05. The predicted octanol–water partition coefficient (Wildman–Crippen LogP) is 2.31. The van der Waals surface area contributed by atoms with Crippen molar-refractivity contribution in [3.8, 4) is 5.88 Å². The lowest BCUT2D eigenvalue weighted by atomic mass is 10.4. The minimum Gasteiger partial charge on any atom is -0.476 e. The number of ether oxygens (including phenoxy) is 1. The molecule has 0 amide bonds. The average Bonchev–Trinajstić information content (AvgIpc) is 2.83. The molecule has 3 nitrogen and oxygen atoms in total. The van der Waals surface area contributed by atoms with Gasteiger partial charge in [-0.05, 0) is 17.5 Å². The summed E-state index contributed by atoms with van der Waals surface area (Å²) < 4.78 is 5.46. The Balaban J connectivity index is 1.59. The van der Waals surface area contributed by atoms with E-state index in [0.29, 0.717) is 12.5 Å². The second-order valence-electron chi connectivity index (χ2n) is 3.27. The van der Waals surface area contributed by atoms with Crippen LogP contribution in [0.1, 0.15) is 4.88 Å². The molecule has 4 heteroatoms. The Bertz CT molecular complexity index is 389. The zero-order valence-corrected chi connectivity index (χ0v) is 9.74. The summed E-state index contributed by atoms with van der Waals surface area (Å²) in [5, 5.41) is 5.40. The molecular weight excluding hydrogens is 220 g/mol. The average molecular weight is 234 g/mol. The van der Waals surface area contributed by atoms with Crippen LogP contribution < -0.4 is 10.1 Å². The molecule has 0 saturated carbocycles. The number of nitrogens with zero attached hydrogens (tertiary/aromatic N) is 1. The summed E-state index contributed by atoms with van der Waals surface area (Å²) in [5.74, 6) is 0.681. The van der Waals surface area contributed by atoms with Crippen LogP contribution in [-0.2, 0) is 6.54 Å². The van der Waals surface area contributed by atoms with E-state index in [1.165, 1.54) is 4.88 Å². The van der Waals surface area contributed by atoms with Crippen molar-refractivity contribution >= 4 is 11.3 Å². The van der Waals surface area contributed by atoms with Crippen LogP contribution in [0.4, 0.5) is 0 Å². The van der Waals surface area contributed by atoms with Gasteiger partial charge in [0.1, 0.15) is 6.61 Å². The summed E-state index contributed by atoms with van der Waals surface area (Å²) in [5.41, 5.74) is 0. The standard InChI is InChI=1S/C12H14N2OS/c1-2-6-14-12(5-1)15-8-7-13-10-11-4-3-9-16-11/h1-6,9,13H,7-8,10H2. The van der Waals surface area contributed by atoms with Crippen LogP contribution in [0.5, 0.6) is 5.88 Å². The second-order valence-corrected chi connectivity index (χ2v) is 4.30. The smallest absolute Gasteiger partial charge is 0.213 e. The molecule has 0 radical (unpaired) electrons. The van der Waals surface area contributed by atoms with Gasteiger partial charge in [0.25, 0.3) is 0 Å². The van der Waals surface area contributed by atoms with E-state index in [4.69, 9.17) is 4.74 Å². The normalized spacial score (nSPS) is 10.2. The highest BCUT2D eigenvalue weighted by Crippen LogP contribution is 2.07. The van der Waals surface area contributed by atoms with E-state index in [-0.39, 0.29) is 0 Å². The molecule has 0 spiro atoms. The molecule has 0 aliphatic carbocycles. The Kier molecular flexibility index (Phi) is 4.34. The van der Waals surface area contributed by atoms with Gasteiger partial charge < -0.3 is 10.1 Å². The van der Waals surface area contributed by atoms with Crippen molar-refractivity contribution in [1.82, 2.24) is 10.3 Å². The number of nitrogens with one attached hydrogen (secondary N) is 1. The van der Waals surface area contributed by atoms with E-state index in [9.17, 15) is 0 Å². The largest absolute Gasteiger partial charge is 0.476 e. The molecule has 2 heterocycles. The van der Waals surface area contributed by atoms with Crippen molar-refractivity contribution in [2.75, 3.05) is 13.2 Å². The first-order chi connectivity index (χ1) is 7.95. The fourth-order valence-electron chi connectivity index (χ4n) is 1.28. The number of thiophene rings is 1. The third-order valence-electron chi connectivity index (χ3n) is 2.05. The third kappa shape index (κ3) is 3.64. The SMILES string of the molecule is c1ccc(OCCNCc2cccs2)nc1. The van der Waals surface area contributed by atoms with Crippen molar-refractivity contribution in [3.05, 3.63) is 46.8 Å². The second kappa shape index (κ2) is 6.25. The van der Waals surface area contributed by atoms with E-state index in [1.807, 2.05) is 18.2 Å². The van der Waals surface area contributed by atoms with Gasteiger partial charge >= 0.3 is 0 Å². The van der Waals surface area contributed by atoms with E-state index in [0.717, 1.165) is 13.1 Å². The number of aromatic nitrogens is 1. The lowest BCUT2D eigenvalue weighted by molar-refractivity contribution is 0.302. The first kappa shape index (κ1) is 11.1. The van der Waals surface area contributed by atoms with Crippen LogP contribution in [-0.4, -0.2) is 18.1 Å². The maximum Gasteiger partial charge on any atom is 0.213 e. The van der Waals surface area contributed by atoms with Crippen molar-refractivity contribution in [2.45, 2.75) is 6.54 Å². The van der Waals surface area contributed by atoms with Gasteiger partial charge in [-0.3, -0.25) is 0 Å². The summed E-state index contributed by atoms with van der Waals surface area (Å²) in [6.07, 6.45) is 1.73. The molecule has 0 bridgehead atoms. The highest BCUT2D eigenvalue weighted by atomic mass is 32.1. The summed E-state index contributed by atoms with van der Waals surface area (Å²) in [7, 11) is 0. The van der Waals surface area contributed by atoms with Crippen LogP contribution in [0.15, 0.2) is 41.9 Å². The van der Waals surface area contributed by atoms with Crippen molar-refractivity contribution < 1.29 is 4.74 Å². The van der Waals surface area contributed by atoms with Gasteiger partial charge in [0.15, 0.2) is 0 Å². The molecule has 16 heavy (non-hydrogen) atoms. The Morgan fingerprint density at radius 1 is 1.25 bits per heavy atom. The van der Waals surface area contributed by atoms with E-state index in [2.05, 4.69) is 27.8 Å². The van der Waals surface area contributed by atoms with E-state index in [1.54, 1.807) is 17.5 Å². The Morgan fingerprint density at radius 3 is 3.00 bits per heavy atom. The molecule has 0 aliphatic heterocycles. The van der Waals surface area contributed by atoms with Gasteiger partial charge in [-0.2, -0.15) is 0 Å². The minimum absolute atomic E-state index is 0.641. The number of pyridine rings is 1.